The average molecular weight is 343 g/mol. The lowest BCUT2D eigenvalue weighted by Crippen LogP contribution is -2.14. The summed E-state index contributed by atoms with van der Waals surface area (Å²) in [5, 5.41) is 4.00. The van der Waals surface area contributed by atoms with E-state index in [1.807, 2.05) is 13.0 Å². The van der Waals surface area contributed by atoms with Crippen LogP contribution < -0.4 is 5.56 Å². The number of nitrogens with zero attached hydrogens (tertiary/aromatic N) is 2. The van der Waals surface area contributed by atoms with Crippen LogP contribution in [0.1, 0.15) is 31.7 Å². The number of fused-ring (bicyclic) bond motifs is 1. The molecule has 1 unspecified atom stereocenters. The highest BCUT2D eigenvalue weighted by Gasteiger charge is 2.25. The number of oxime groups is 1. The lowest BCUT2D eigenvalue weighted by Gasteiger charge is -2.06. The Hall–Kier alpha value is -2.54. The Morgan fingerprint density at radius 2 is 2.17 bits per heavy atom. The van der Waals surface area contributed by atoms with Crippen LogP contribution in [-0.2, 0) is 4.84 Å². The number of H-pyrrole nitrogens is 1. The van der Waals surface area contributed by atoms with Crippen LogP contribution in [0.3, 0.4) is 0 Å². The minimum atomic E-state index is -0.341. The fraction of sp³-hybridized carbons (Fsp3) is 0.235. The van der Waals surface area contributed by atoms with Gasteiger partial charge in [0.2, 0.25) is 0 Å². The van der Waals surface area contributed by atoms with E-state index >= 15 is 0 Å². The van der Waals surface area contributed by atoms with E-state index in [1.165, 1.54) is 23.5 Å². The molecule has 1 aromatic carbocycles. The summed E-state index contributed by atoms with van der Waals surface area (Å²) in [5.74, 6) is 0.200. The molecule has 122 valence electrons. The summed E-state index contributed by atoms with van der Waals surface area (Å²) in [7, 11) is 0. The molecule has 24 heavy (non-hydrogen) atoms. The maximum Gasteiger partial charge on any atom is 0.268 e. The zero-order chi connectivity index (χ0) is 16.7. The molecule has 1 N–H and O–H groups in total. The number of hydrogen-bond acceptors (Lipinski definition) is 5. The zero-order valence-corrected chi connectivity index (χ0v) is 13.7. The van der Waals surface area contributed by atoms with Crippen molar-refractivity contribution in [3.05, 3.63) is 52.3 Å². The molecule has 3 heterocycles. The normalized spacial score (nSPS) is 17.1. The molecule has 5 nitrogen and oxygen atoms in total. The number of hydrogen-bond donors (Lipinski definition) is 1. The highest BCUT2D eigenvalue weighted by Crippen LogP contribution is 2.32. The maximum absolute atomic E-state index is 13.1. The molecule has 3 aromatic rings. The third-order valence-corrected chi connectivity index (χ3v) is 5.15. The van der Waals surface area contributed by atoms with Crippen molar-refractivity contribution in [3.8, 4) is 10.4 Å². The Kier molecular flexibility index (Phi) is 3.65. The van der Waals surface area contributed by atoms with Crippen LogP contribution in [0.4, 0.5) is 4.39 Å². The summed E-state index contributed by atoms with van der Waals surface area (Å²) in [6.45, 7) is 2.01. The van der Waals surface area contributed by atoms with E-state index in [9.17, 15) is 9.18 Å². The Balaban J connectivity index is 1.73. The van der Waals surface area contributed by atoms with E-state index in [-0.39, 0.29) is 17.5 Å². The van der Waals surface area contributed by atoms with E-state index in [2.05, 4.69) is 15.1 Å². The van der Waals surface area contributed by atoms with Gasteiger partial charge in [0.1, 0.15) is 10.5 Å². The van der Waals surface area contributed by atoms with Gasteiger partial charge in [0.15, 0.2) is 11.9 Å². The molecule has 1 aliphatic heterocycles. The van der Waals surface area contributed by atoms with Crippen LogP contribution in [-0.4, -0.2) is 15.7 Å². The van der Waals surface area contributed by atoms with Crippen molar-refractivity contribution >= 4 is 27.3 Å². The number of rotatable bonds is 3. The second kappa shape index (κ2) is 5.83. The first kappa shape index (κ1) is 15.0. The number of benzene rings is 1. The molecule has 1 aliphatic rings. The molecule has 0 aliphatic carbocycles. The van der Waals surface area contributed by atoms with Gasteiger partial charge in [-0.2, -0.15) is 0 Å². The van der Waals surface area contributed by atoms with Gasteiger partial charge in [0.25, 0.3) is 5.56 Å². The maximum atomic E-state index is 13.1. The number of aromatic amines is 1. The number of halogens is 1. The van der Waals surface area contributed by atoms with Crippen molar-refractivity contribution in [1.29, 1.82) is 0 Å². The highest BCUT2D eigenvalue weighted by atomic mass is 32.1. The van der Waals surface area contributed by atoms with Gasteiger partial charge in [-0.25, -0.2) is 9.37 Å². The molecule has 7 heteroatoms. The molecule has 0 spiro atoms. The summed E-state index contributed by atoms with van der Waals surface area (Å²) in [6.07, 6.45) is 1.11. The predicted octanol–water partition coefficient (Wildman–Crippen LogP) is 4.02. The van der Waals surface area contributed by atoms with E-state index in [0.29, 0.717) is 22.5 Å². The molecular weight excluding hydrogens is 329 g/mol. The molecule has 0 radical (unpaired) electrons. The monoisotopic (exact) mass is 343 g/mol. The Labute approximate surface area is 140 Å². The number of aromatic nitrogens is 2. The average Bonchev–Trinajstić information content (AvgIpc) is 3.22. The number of nitrogens with one attached hydrogen (secondary N) is 1. The minimum Gasteiger partial charge on any atom is -0.384 e. The summed E-state index contributed by atoms with van der Waals surface area (Å²) in [6, 6.07) is 8.04. The first-order valence-corrected chi connectivity index (χ1v) is 8.47. The van der Waals surface area contributed by atoms with Gasteiger partial charge < -0.3 is 9.82 Å². The Morgan fingerprint density at radius 3 is 2.88 bits per heavy atom. The standard InChI is InChI=1S/C17H14FN3O2S/c1-2-11-7-13(23-21-11)16-19-12-8-14(24-15(12)17(22)20-16)9-3-5-10(18)6-4-9/h3-6,8,13H,2,7H2,1H3,(H,19,20,22). The van der Waals surface area contributed by atoms with Crippen molar-refractivity contribution in [3.63, 3.8) is 0 Å². The van der Waals surface area contributed by atoms with Crippen molar-refractivity contribution in [2.24, 2.45) is 5.16 Å². The smallest absolute Gasteiger partial charge is 0.268 e. The van der Waals surface area contributed by atoms with Gasteiger partial charge in [-0.15, -0.1) is 11.3 Å². The van der Waals surface area contributed by atoms with Gasteiger partial charge in [-0.1, -0.05) is 24.2 Å². The molecule has 0 saturated heterocycles. The molecule has 4 rings (SSSR count). The van der Waals surface area contributed by atoms with E-state index < -0.39 is 0 Å². The van der Waals surface area contributed by atoms with E-state index in [1.54, 1.807) is 12.1 Å². The summed E-state index contributed by atoms with van der Waals surface area (Å²) < 4.78 is 13.6. The second-order valence-corrected chi connectivity index (χ2v) is 6.64. The topological polar surface area (TPSA) is 67.3 Å². The molecule has 1 atom stereocenters. The third kappa shape index (κ3) is 2.60. The zero-order valence-electron chi connectivity index (χ0n) is 12.9. The van der Waals surface area contributed by atoms with Crippen LogP contribution in [0.2, 0.25) is 0 Å². The quantitative estimate of drug-likeness (QED) is 0.781. The third-order valence-electron chi connectivity index (χ3n) is 3.97. The first-order chi connectivity index (χ1) is 11.6. The molecule has 0 fully saturated rings. The van der Waals surface area contributed by atoms with Crippen molar-refractivity contribution < 1.29 is 9.23 Å². The molecule has 0 amide bonds. The largest absolute Gasteiger partial charge is 0.384 e. The highest BCUT2D eigenvalue weighted by molar-refractivity contribution is 7.22. The molecule has 2 aromatic heterocycles. The van der Waals surface area contributed by atoms with Gasteiger partial charge in [0.05, 0.1) is 11.2 Å². The van der Waals surface area contributed by atoms with Crippen molar-refractivity contribution in [2.45, 2.75) is 25.9 Å². The van der Waals surface area contributed by atoms with Gasteiger partial charge in [-0.3, -0.25) is 4.79 Å². The molecular formula is C17H14FN3O2S. The SMILES string of the molecule is CCC1=NOC(c2nc3cc(-c4ccc(F)cc4)sc3c(=O)[nH]2)C1. The van der Waals surface area contributed by atoms with Crippen LogP contribution in [0, 0.1) is 5.82 Å². The van der Waals surface area contributed by atoms with Crippen molar-refractivity contribution in [2.75, 3.05) is 0 Å². The second-order valence-electron chi connectivity index (χ2n) is 5.59. The Bertz CT molecular complexity index is 991. The lowest BCUT2D eigenvalue weighted by molar-refractivity contribution is 0.0792. The van der Waals surface area contributed by atoms with E-state index in [0.717, 1.165) is 22.6 Å². The lowest BCUT2D eigenvalue weighted by atomic mass is 10.1. The molecule has 0 saturated carbocycles. The Morgan fingerprint density at radius 1 is 1.38 bits per heavy atom. The van der Waals surface area contributed by atoms with Crippen LogP contribution in [0.15, 0.2) is 40.3 Å². The van der Waals surface area contributed by atoms with Gasteiger partial charge in [-0.05, 0) is 30.2 Å². The fourth-order valence-corrected chi connectivity index (χ4v) is 3.65. The number of thiophene rings is 1. The van der Waals surface area contributed by atoms with Gasteiger partial charge >= 0.3 is 0 Å². The summed E-state index contributed by atoms with van der Waals surface area (Å²) in [5.41, 5.74) is 2.24. The predicted molar refractivity (Wildman–Crippen MR) is 91.8 cm³/mol. The van der Waals surface area contributed by atoms with E-state index in [4.69, 9.17) is 4.84 Å². The van der Waals surface area contributed by atoms with Crippen LogP contribution in [0.5, 0.6) is 0 Å². The van der Waals surface area contributed by atoms with Crippen LogP contribution >= 0.6 is 11.3 Å². The molecule has 0 bridgehead atoms. The van der Waals surface area contributed by atoms with Crippen molar-refractivity contribution in [1.82, 2.24) is 9.97 Å². The fourth-order valence-electron chi connectivity index (χ4n) is 2.65. The summed E-state index contributed by atoms with van der Waals surface area (Å²) >= 11 is 1.34. The first-order valence-electron chi connectivity index (χ1n) is 7.65. The minimum absolute atomic E-state index is 0.193. The summed E-state index contributed by atoms with van der Waals surface area (Å²) in [4.78, 5) is 25.9. The van der Waals surface area contributed by atoms with Crippen LogP contribution in [0.25, 0.3) is 20.7 Å². The van der Waals surface area contributed by atoms with Gasteiger partial charge in [0, 0.05) is 11.3 Å².